The van der Waals surface area contributed by atoms with Gasteiger partial charge in [-0.2, -0.15) is 0 Å². The van der Waals surface area contributed by atoms with Gasteiger partial charge in [-0.1, -0.05) is 6.07 Å². The lowest BCUT2D eigenvalue weighted by Crippen LogP contribution is -2.18. The number of pyridine rings is 1. The molecule has 118 valence electrons. The third kappa shape index (κ3) is 1.70. The van der Waals surface area contributed by atoms with Crippen molar-refractivity contribution in [2.75, 3.05) is 21.3 Å². The van der Waals surface area contributed by atoms with Crippen LogP contribution in [0.15, 0.2) is 29.1 Å². The largest absolute Gasteiger partial charge is 0.496 e. The van der Waals surface area contributed by atoms with E-state index in [1.165, 1.54) is 0 Å². The Hall–Kier alpha value is -2.69. The molecule has 3 aromatic rings. The summed E-state index contributed by atoms with van der Waals surface area (Å²) in [5.41, 5.74) is 2.03. The molecule has 0 amide bonds. The zero-order valence-corrected chi connectivity index (χ0v) is 13.3. The van der Waals surface area contributed by atoms with Gasteiger partial charge in [0.05, 0.1) is 37.6 Å². The van der Waals surface area contributed by atoms with E-state index in [1.54, 1.807) is 21.3 Å². The SMILES string of the molecule is COc1cc2c3c(c1OC)c1c(OC)cccc1c(=O)n3CC2. The van der Waals surface area contributed by atoms with Crippen molar-refractivity contribution >= 4 is 21.7 Å². The van der Waals surface area contributed by atoms with Crippen molar-refractivity contribution in [1.82, 2.24) is 4.57 Å². The second-order valence-electron chi connectivity index (χ2n) is 5.58. The molecule has 1 aliphatic heterocycles. The minimum Gasteiger partial charge on any atom is -0.496 e. The molecule has 0 saturated carbocycles. The average Bonchev–Trinajstić information content (AvgIpc) is 3.02. The van der Waals surface area contributed by atoms with E-state index in [0.717, 1.165) is 28.3 Å². The van der Waals surface area contributed by atoms with Crippen LogP contribution in [0.3, 0.4) is 0 Å². The fourth-order valence-electron chi connectivity index (χ4n) is 3.60. The van der Waals surface area contributed by atoms with Gasteiger partial charge < -0.3 is 18.8 Å². The molecule has 0 unspecified atom stereocenters. The van der Waals surface area contributed by atoms with Crippen molar-refractivity contribution in [3.05, 3.63) is 40.2 Å². The molecule has 2 aromatic carbocycles. The Balaban J connectivity index is 2.38. The highest BCUT2D eigenvalue weighted by Crippen LogP contribution is 2.44. The van der Waals surface area contributed by atoms with Crippen LogP contribution in [0.2, 0.25) is 0 Å². The normalized spacial score (nSPS) is 12.8. The molecule has 1 aromatic heterocycles. The monoisotopic (exact) mass is 311 g/mol. The highest BCUT2D eigenvalue weighted by molar-refractivity contribution is 6.14. The van der Waals surface area contributed by atoms with Crippen LogP contribution in [0.25, 0.3) is 21.7 Å². The Morgan fingerprint density at radius 1 is 1.00 bits per heavy atom. The number of aryl methyl sites for hydroxylation is 2. The van der Waals surface area contributed by atoms with E-state index >= 15 is 0 Å². The molecule has 0 spiro atoms. The second kappa shape index (κ2) is 4.91. The molecule has 0 bridgehead atoms. The van der Waals surface area contributed by atoms with Gasteiger partial charge in [0.25, 0.3) is 5.56 Å². The zero-order valence-electron chi connectivity index (χ0n) is 13.3. The maximum atomic E-state index is 12.9. The molecular formula is C18H17NO4. The Kier molecular flexibility index (Phi) is 2.98. The molecule has 0 saturated heterocycles. The summed E-state index contributed by atoms with van der Waals surface area (Å²) in [4.78, 5) is 12.9. The molecule has 5 nitrogen and oxygen atoms in total. The van der Waals surface area contributed by atoms with Crippen molar-refractivity contribution in [2.24, 2.45) is 0 Å². The summed E-state index contributed by atoms with van der Waals surface area (Å²) in [6.07, 6.45) is 0.810. The minimum atomic E-state index is 0.0115. The second-order valence-corrected chi connectivity index (χ2v) is 5.58. The topological polar surface area (TPSA) is 49.7 Å². The van der Waals surface area contributed by atoms with Crippen molar-refractivity contribution < 1.29 is 14.2 Å². The van der Waals surface area contributed by atoms with Crippen LogP contribution >= 0.6 is 0 Å². The minimum absolute atomic E-state index is 0.0115. The van der Waals surface area contributed by atoms with Gasteiger partial charge in [0.15, 0.2) is 11.5 Å². The van der Waals surface area contributed by atoms with E-state index in [1.807, 2.05) is 28.8 Å². The lowest BCUT2D eigenvalue weighted by atomic mass is 10.0. The van der Waals surface area contributed by atoms with Crippen molar-refractivity contribution in [3.8, 4) is 17.2 Å². The molecule has 0 fully saturated rings. The Morgan fingerprint density at radius 2 is 1.78 bits per heavy atom. The molecule has 0 aliphatic carbocycles. The fourth-order valence-corrected chi connectivity index (χ4v) is 3.60. The lowest BCUT2D eigenvalue weighted by molar-refractivity contribution is 0.358. The van der Waals surface area contributed by atoms with Crippen LogP contribution in [-0.4, -0.2) is 25.9 Å². The third-order valence-electron chi connectivity index (χ3n) is 4.57. The Morgan fingerprint density at radius 3 is 2.48 bits per heavy atom. The summed E-state index contributed by atoms with van der Waals surface area (Å²) < 4.78 is 18.5. The van der Waals surface area contributed by atoms with Crippen molar-refractivity contribution in [2.45, 2.75) is 13.0 Å². The Labute approximate surface area is 133 Å². The van der Waals surface area contributed by atoms with E-state index in [2.05, 4.69) is 0 Å². The third-order valence-corrected chi connectivity index (χ3v) is 4.57. The number of rotatable bonds is 3. The van der Waals surface area contributed by atoms with Crippen LogP contribution < -0.4 is 19.8 Å². The van der Waals surface area contributed by atoms with Crippen LogP contribution in [0.4, 0.5) is 0 Å². The molecule has 2 heterocycles. The number of ether oxygens (including phenoxy) is 3. The highest BCUT2D eigenvalue weighted by atomic mass is 16.5. The van der Waals surface area contributed by atoms with Gasteiger partial charge >= 0.3 is 0 Å². The highest BCUT2D eigenvalue weighted by Gasteiger charge is 2.26. The summed E-state index contributed by atoms with van der Waals surface area (Å²) in [5, 5.41) is 2.30. The van der Waals surface area contributed by atoms with E-state index < -0.39 is 0 Å². The molecule has 5 heteroatoms. The number of hydrogen-bond acceptors (Lipinski definition) is 4. The molecule has 0 radical (unpaired) electrons. The molecule has 0 atom stereocenters. The number of benzene rings is 2. The van der Waals surface area contributed by atoms with E-state index in [-0.39, 0.29) is 5.56 Å². The number of hydrogen-bond donors (Lipinski definition) is 0. The first kappa shape index (κ1) is 13.9. The standard InChI is InChI=1S/C18H17NO4/c1-21-12-6-4-5-11-14(12)15-16-10(7-8-19(16)18(11)20)9-13(22-2)17(15)23-3/h4-6,9H,7-8H2,1-3H3. The van der Waals surface area contributed by atoms with Crippen LogP contribution in [-0.2, 0) is 13.0 Å². The average molecular weight is 311 g/mol. The van der Waals surface area contributed by atoms with Gasteiger partial charge in [0, 0.05) is 11.9 Å². The van der Waals surface area contributed by atoms with Gasteiger partial charge in [-0.25, -0.2) is 0 Å². The summed E-state index contributed by atoms with van der Waals surface area (Å²) in [6, 6.07) is 7.50. The number of methoxy groups -OCH3 is 3. The van der Waals surface area contributed by atoms with Gasteiger partial charge in [-0.15, -0.1) is 0 Å². The van der Waals surface area contributed by atoms with Gasteiger partial charge in [-0.3, -0.25) is 4.79 Å². The summed E-state index contributed by atoms with van der Waals surface area (Å²) in [7, 11) is 4.85. The fraction of sp³-hybridized carbons (Fsp3) is 0.278. The molecule has 4 rings (SSSR count). The van der Waals surface area contributed by atoms with Gasteiger partial charge in [0.1, 0.15) is 5.75 Å². The Bertz CT molecular complexity index is 1000. The lowest BCUT2D eigenvalue weighted by Gasteiger charge is -2.16. The van der Waals surface area contributed by atoms with Crippen LogP contribution in [0, 0.1) is 0 Å². The van der Waals surface area contributed by atoms with E-state index in [0.29, 0.717) is 29.2 Å². The van der Waals surface area contributed by atoms with E-state index in [9.17, 15) is 4.79 Å². The van der Waals surface area contributed by atoms with Crippen molar-refractivity contribution in [3.63, 3.8) is 0 Å². The predicted molar refractivity (Wildman–Crippen MR) is 89.1 cm³/mol. The first-order valence-corrected chi connectivity index (χ1v) is 7.48. The first-order valence-electron chi connectivity index (χ1n) is 7.48. The molecular weight excluding hydrogens is 294 g/mol. The van der Waals surface area contributed by atoms with Crippen molar-refractivity contribution in [1.29, 1.82) is 0 Å². The zero-order chi connectivity index (χ0) is 16.1. The van der Waals surface area contributed by atoms with Gasteiger partial charge in [-0.05, 0) is 30.2 Å². The van der Waals surface area contributed by atoms with Gasteiger partial charge in [0.2, 0.25) is 0 Å². The summed E-state index contributed by atoms with van der Waals surface area (Å²) in [5.74, 6) is 1.97. The number of fused-ring (bicyclic) bond motifs is 2. The molecule has 1 aliphatic rings. The van der Waals surface area contributed by atoms with Crippen LogP contribution in [0.1, 0.15) is 5.56 Å². The smallest absolute Gasteiger partial charge is 0.259 e. The maximum absolute atomic E-state index is 12.9. The number of aromatic nitrogens is 1. The summed E-state index contributed by atoms with van der Waals surface area (Å²) >= 11 is 0. The molecule has 0 N–H and O–H groups in total. The maximum Gasteiger partial charge on any atom is 0.259 e. The number of nitrogens with zero attached hydrogens (tertiary/aromatic N) is 1. The first-order chi connectivity index (χ1) is 11.2. The van der Waals surface area contributed by atoms with E-state index in [4.69, 9.17) is 14.2 Å². The predicted octanol–water partition coefficient (Wildman–Crippen LogP) is 2.74. The molecule has 23 heavy (non-hydrogen) atoms. The summed E-state index contributed by atoms with van der Waals surface area (Å²) in [6.45, 7) is 0.675. The quantitative estimate of drug-likeness (QED) is 0.698. The van der Waals surface area contributed by atoms with Crippen LogP contribution in [0.5, 0.6) is 17.2 Å².